The Morgan fingerprint density at radius 1 is 1.38 bits per heavy atom. The number of hydrogen-bond acceptors (Lipinski definition) is 3. The van der Waals surface area contributed by atoms with Crippen LogP contribution in [-0.4, -0.2) is 18.3 Å². The molecule has 4 N–H and O–H groups in total. The Labute approximate surface area is 97.7 Å². The van der Waals surface area contributed by atoms with E-state index in [1.54, 1.807) is 0 Å². The van der Waals surface area contributed by atoms with Gasteiger partial charge >= 0.3 is 0 Å². The van der Waals surface area contributed by atoms with Crippen LogP contribution < -0.4 is 11.1 Å². The summed E-state index contributed by atoms with van der Waals surface area (Å²) < 4.78 is 0. The lowest BCUT2D eigenvalue weighted by Gasteiger charge is -2.14. The first kappa shape index (κ1) is 13.0. The van der Waals surface area contributed by atoms with E-state index in [-0.39, 0.29) is 6.61 Å². The third-order valence-electron chi connectivity index (χ3n) is 2.92. The molecule has 1 atom stereocenters. The van der Waals surface area contributed by atoms with Gasteiger partial charge in [0.25, 0.3) is 0 Å². The van der Waals surface area contributed by atoms with E-state index in [0.29, 0.717) is 5.92 Å². The van der Waals surface area contributed by atoms with Crippen LogP contribution in [0, 0.1) is 5.92 Å². The number of aliphatic hydroxyl groups excluding tert-OH is 1. The van der Waals surface area contributed by atoms with Gasteiger partial charge in [0, 0.05) is 18.8 Å². The zero-order valence-corrected chi connectivity index (χ0v) is 9.95. The van der Waals surface area contributed by atoms with Crippen LogP contribution in [0.3, 0.4) is 0 Å². The van der Waals surface area contributed by atoms with Crippen LogP contribution in [0.25, 0.3) is 0 Å². The number of benzene rings is 1. The summed E-state index contributed by atoms with van der Waals surface area (Å²) in [6.45, 7) is 4.16. The van der Waals surface area contributed by atoms with E-state index < -0.39 is 0 Å². The summed E-state index contributed by atoms with van der Waals surface area (Å²) in [6, 6.07) is 7.90. The van der Waals surface area contributed by atoms with Gasteiger partial charge in [0.15, 0.2) is 0 Å². The zero-order chi connectivity index (χ0) is 11.8. The fourth-order valence-corrected chi connectivity index (χ4v) is 1.74. The first-order valence-corrected chi connectivity index (χ1v) is 5.92. The molecule has 0 radical (unpaired) electrons. The van der Waals surface area contributed by atoms with Crippen LogP contribution in [0.5, 0.6) is 0 Å². The zero-order valence-electron chi connectivity index (χ0n) is 9.95. The molecular formula is C13H22N2O. The number of aliphatic hydroxyl groups is 1. The molecule has 0 bridgehead atoms. The predicted molar refractivity (Wildman–Crippen MR) is 68.0 cm³/mol. The molecule has 0 amide bonds. The molecule has 16 heavy (non-hydrogen) atoms. The number of para-hydroxylation sites is 1. The molecule has 0 aliphatic carbocycles. The van der Waals surface area contributed by atoms with Gasteiger partial charge in [-0.3, -0.25) is 0 Å². The van der Waals surface area contributed by atoms with Crippen molar-refractivity contribution in [3.63, 3.8) is 0 Å². The van der Waals surface area contributed by atoms with Gasteiger partial charge in [0.1, 0.15) is 0 Å². The van der Waals surface area contributed by atoms with Crippen molar-refractivity contribution in [1.29, 1.82) is 0 Å². The number of hydrogen-bond donors (Lipinski definition) is 3. The predicted octanol–water partition coefficient (Wildman–Crippen LogP) is 1.77. The van der Waals surface area contributed by atoms with Crippen molar-refractivity contribution >= 4 is 5.69 Å². The largest absolute Gasteiger partial charge is 0.398 e. The van der Waals surface area contributed by atoms with Crippen LogP contribution >= 0.6 is 0 Å². The van der Waals surface area contributed by atoms with E-state index in [9.17, 15) is 0 Å². The lowest BCUT2D eigenvalue weighted by atomic mass is 10.0. The van der Waals surface area contributed by atoms with E-state index in [2.05, 4.69) is 12.2 Å². The highest BCUT2D eigenvalue weighted by atomic mass is 16.3. The Kier molecular flexibility index (Phi) is 5.90. The van der Waals surface area contributed by atoms with Crippen LogP contribution in [0.2, 0.25) is 0 Å². The molecule has 0 aliphatic heterocycles. The minimum absolute atomic E-state index is 0.271. The summed E-state index contributed by atoms with van der Waals surface area (Å²) in [5.74, 6) is 0.551. The van der Waals surface area contributed by atoms with Crippen molar-refractivity contribution < 1.29 is 5.11 Å². The van der Waals surface area contributed by atoms with Gasteiger partial charge in [-0.25, -0.2) is 0 Å². The third kappa shape index (κ3) is 4.21. The highest BCUT2D eigenvalue weighted by Crippen LogP contribution is 2.11. The van der Waals surface area contributed by atoms with Gasteiger partial charge in [0.2, 0.25) is 0 Å². The van der Waals surface area contributed by atoms with Gasteiger partial charge < -0.3 is 16.2 Å². The molecule has 0 saturated carbocycles. The standard InChI is InChI=1S/C13H22N2O/c1-2-11(7-8-16)9-15-10-12-5-3-4-6-13(12)14/h3-6,11,15-16H,2,7-10,14H2,1H3. The Bertz CT molecular complexity index is 302. The topological polar surface area (TPSA) is 58.3 Å². The maximum atomic E-state index is 8.88. The summed E-state index contributed by atoms with van der Waals surface area (Å²) in [5.41, 5.74) is 7.83. The van der Waals surface area contributed by atoms with E-state index in [4.69, 9.17) is 10.8 Å². The molecule has 1 rings (SSSR count). The molecule has 0 spiro atoms. The summed E-state index contributed by atoms with van der Waals surface area (Å²) in [5, 5.41) is 12.3. The Balaban J connectivity index is 2.32. The van der Waals surface area contributed by atoms with Crippen LogP contribution in [-0.2, 0) is 6.54 Å². The van der Waals surface area contributed by atoms with Crippen molar-refractivity contribution in [2.75, 3.05) is 18.9 Å². The lowest BCUT2D eigenvalue weighted by Crippen LogP contribution is -2.23. The quantitative estimate of drug-likeness (QED) is 0.616. The molecular weight excluding hydrogens is 200 g/mol. The van der Waals surface area contributed by atoms with E-state index >= 15 is 0 Å². The normalized spacial score (nSPS) is 12.6. The Morgan fingerprint density at radius 3 is 2.75 bits per heavy atom. The van der Waals surface area contributed by atoms with Crippen molar-refractivity contribution in [2.45, 2.75) is 26.3 Å². The SMILES string of the molecule is CCC(CCO)CNCc1ccccc1N. The third-order valence-corrected chi connectivity index (χ3v) is 2.92. The molecule has 1 aromatic rings. The van der Waals surface area contributed by atoms with Gasteiger partial charge in [-0.05, 0) is 30.5 Å². The number of nitrogens with two attached hydrogens (primary N) is 1. The number of rotatable bonds is 7. The Morgan fingerprint density at radius 2 is 2.12 bits per heavy atom. The van der Waals surface area contributed by atoms with Gasteiger partial charge in [-0.1, -0.05) is 31.5 Å². The van der Waals surface area contributed by atoms with Crippen LogP contribution in [0.15, 0.2) is 24.3 Å². The molecule has 3 nitrogen and oxygen atoms in total. The Hall–Kier alpha value is -1.06. The molecule has 0 aromatic heterocycles. The smallest absolute Gasteiger partial charge is 0.0434 e. The van der Waals surface area contributed by atoms with Gasteiger partial charge in [0.05, 0.1) is 0 Å². The second kappa shape index (κ2) is 7.25. The van der Waals surface area contributed by atoms with Crippen molar-refractivity contribution in [2.24, 2.45) is 5.92 Å². The maximum absolute atomic E-state index is 8.88. The average molecular weight is 222 g/mol. The lowest BCUT2D eigenvalue weighted by molar-refractivity contribution is 0.251. The first-order valence-electron chi connectivity index (χ1n) is 5.92. The molecule has 90 valence electrons. The summed E-state index contributed by atoms with van der Waals surface area (Å²) in [6.07, 6.45) is 1.96. The van der Waals surface area contributed by atoms with Gasteiger partial charge in [-0.2, -0.15) is 0 Å². The highest BCUT2D eigenvalue weighted by Gasteiger charge is 2.05. The van der Waals surface area contributed by atoms with Crippen molar-refractivity contribution in [3.8, 4) is 0 Å². The van der Waals surface area contributed by atoms with Crippen LogP contribution in [0.4, 0.5) is 5.69 Å². The molecule has 0 fully saturated rings. The van der Waals surface area contributed by atoms with Crippen molar-refractivity contribution in [3.05, 3.63) is 29.8 Å². The summed E-state index contributed by atoms with van der Waals surface area (Å²) >= 11 is 0. The second-order valence-corrected chi connectivity index (χ2v) is 4.12. The average Bonchev–Trinajstić information content (AvgIpc) is 2.30. The minimum atomic E-state index is 0.271. The fourth-order valence-electron chi connectivity index (χ4n) is 1.74. The van der Waals surface area contributed by atoms with E-state index in [0.717, 1.165) is 37.2 Å². The molecule has 0 aliphatic rings. The molecule has 1 aromatic carbocycles. The summed E-state index contributed by atoms with van der Waals surface area (Å²) in [7, 11) is 0. The van der Waals surface area contributed by atoms with Gasteiger partial charge in [-0.15, -0.1) is 0 Å². The van der Waals surface area contributed by atoms with E-state index in [1.807, 2.05) is 24.3 Å². The molecule has 1 unspecified atom stereocenters. The summed E-state index contributed by atoms with van der Waals surface area (Å²) in [4.78, 5) is 0. The van der Waals surface area contributed by atoms with Crippen molar-refractivity contribution in [1.82, 2.24) is 5.32 Å². The minimum Gasteiger partial charge on any atom is -0.398 e. The fraction of sp³-hybridized carbons (Fsp3) is 0.538. The first-order chi connectivity index (χ1) is 7.77. The number of nitrogens with one attached hydrogen (secondary N) is 1. The van der Waals surface area contributed by atoms with Crippen LogP contribution in [0.1, 0.15) is 25.3 Å². The monoisotopic (exact) mass is 222 g/mol. The highest BCUT2D eigenvalue weighted by molar-refractivity contribution is 5.46. The maximum Gasteiger partial charge on any atom is 0.0434 e. The van der Waals surface area contributed by atoms with E-state index in [1.165, 1.54) is 0 Å². The number of anilines is 1. The molecule has 3 heteroatoms. The molecule has 0 heterocycles. The number of nitrogen functional groups attached to an aromatic ring is 1. The molecule has 0 saturated heterocycles. The second-order valence-electron chi connectivity index (χ2n) is 4.12.